The van der Waals surface area contributed by atoms with Gasteiger partial charge in [0.2, 0.25) is 0 Å². The molecule has 6 heteroatoms. The van der Waals surface area contributed by atoms with E-state index in [9.17, 15) is 9.59 Å². The number of likely N-dealkylation sites (tertiary alicyclic amines) is 1. The standard InChI is InChI=1S/C14H26N2O4/c1-11(2)9-15(10-13(18)19)14(20)16-7-4-3-5-12(16)6-8-17/h11-12,17H,3-10H2,1-2H3,(H,18,19). The molecule has 1 heterocycles. The predicted molar refractivity (Wildman–Crippen MR) is 75.5 cm³/mol. The molecule has 0 aliphatic carbocycles. The number of hydrogen-bond donors (Lipinski definition) is 2. The fourth-order valence-electron chi connectivity index (χ4n) is 2.70. The van der Waals surface area contributed by atoms with Gasteiger partial charge in [0, 0.05) is 25.7 Å². The molecule has 0 bridgehead atoms. The Balaban J connectivity index is 2.76. The van der Waals surface area contributed by atoms with Crippen LogP contribution in [-0.2, 0) is 4.79 Å². The molecule has 1 fully saturated rings. The molecule has 0 aromatic rings. The molecule has 6 nitrogen and oxygen atoms in total. The number of carbonyl (C=O) groups is 2. The van der Waals surface area contributed by atoms with E-state index >= 15 is 0 Å². The average molecular weight is 286 g/mol. The highest BCUT2D eigenvalue weighted by atomic mass is 16.4. The van der Waals surface area contributed by atoms with Crippen molar-refractivity contribution in [3.63, 3.8) is 0 Å². The molecule has 20 heavy (non-hydrogen) atoms. The first-order valence-corrected chi connectivity index (χ1v) is 7.34. The highest BCUT2D eigenvalue weighted by Gasteiger charge is 2.30. The zero-order chi connectivity index (χ0) is 15.1. The Morgan fingerprint density at radius 1 is 1.35 bits per heavy atom. The lowest BCUT2D eigenvalue weighted by Crippen LogP contribution is -2.52. The van der Waals surface area contributed by atoms with Crippen LogP contribution in [0, 0.1) is 5.92 Å². The number of carboxylic acids is 1. The first-order chi connectivity index (χ1) is 9.45. The molecule has 1 aliphatic heterocycles. The third-order valence-corrected chi connectivity index (χ3v) is 3.52. The topological polar surface area (TPSA) is 81.1 Å². The minimum Gasteiger partial charge on any atom is -0.480 e. The lowest BCUT2D eigenvalue weighted by Gasteiger charge is -2.39. The molecule has 1 atom stereocenters. The van der Waals surface area contributed by atoms with Crippen LogP contribution in [0.3, 0.4) is 0 Å². The first kappa shape index (κ1) is 16.8. The van der Waals surface area contributed by atoms with Crippen LogP contribution in [0.15, 0.2) is 0 Å². The third-order valence-electron chi connectivity index (χ3n) is 3.52. The Bertz CT molecular complexity index is 331. The molecule has 1 aliphatic rings. The number of urea groups is 1. The van der Waals surface area contributed by atoms with Crippen molar-refractivity contribution >= 4 is 12.0 Å². The van der Waals surface area contributed by atoms with Gasteiger partial charge in [0.1, 0.15) is 6.54 Å². The summed E-state index contributed by atoms with van der Waals surface area (Å²) in [6.07, 6.45) is 3.44. The molecule has 2 amide bonds. The van der Waals surface area contributed by atoms with Gasteiger partial charge >= 0.3 is 12.0 Å². The van der Waals surface area contributed by atoms with Gasteiger partial charge in [-0.05, 0) is 31.6 Å². The van der Waals surface area contributed by atoms with Gasteiger partial charge in [-0.2, -0.15) is 0 Å². The van der Waals surface area contributed by atoms with Gasteiger partial charge in [0.05, 0.1) is 0 Å². The Labute approximate surface area is 120 Å². The van der Waals surface area contributed by atoms with Crippen molar-refractivity contribution in [2.24, 2.45) is 5.92 Å². The van der Waals surface area contributed by atoms with Crippen LogP contribution in [0.25, 0.3) is 0 Å². The van der Waals surface area contributed by atoms with Crippen molar-refractivity contribution in [3.05, 3.63) is 0 Å². The number of hydrogen-bond acceptors (Lipinski definition) is 3. The van der Waals surface area contributed by atoms with E-state index in [4.69, 9.17) is 10.2 Å². The molecule has 0 spiro atoms. The summed E-state index contributed by atoms with van der Waals surface area (Å²) in [4.78, 5) is 26.6. The maximum absolute atomic E-state index is 12.6. The number of aliphatic hydroxyl groups is 1. The van der Waals surface area contributed by atoms with Gasteiger partial charge in [-0.15, -0.1) is 0 Å². The van der Waals surface area contributed by atoms with Crippen molar-refractivity contribution in [2.75, 3.05) is 26.2 Å². The summed E-state index contributed by atoms with van der Waals surface area (Å²) in [5.41, 5.74) is 0. The van der Waals surface area contributed by atoms with Gasteiger partial charge in [0.15, 0.2) is 0 Å². The fraction of sp³-hybridized carbons (Fsp3) is 0.857. The zero-order valence-corrected chi connectivity index (χ0v) is 12.4. The van der Waals surface area contributed by atoms with Crippen LogP contribution < -0.4 is 0 Å². The van der Waals surface area contributed by atoms with Crippen molar-refractivity contribution in [1.82, 2.24) is 9.80 Å². The number of carbonyl (C=O) groups excluding carboxylic acids is 1. The normalized spacial score (nSPS) is 19.2. The number of nitrogens with zero attached hydrogens (tertiary/aromatic N) is 2. The molecule has 0 aromatic carbocycles. The zero-order valence-electron chi connectivity index (χ0n) is 12.4. The minimum atomic E-state index is -0.991. The van der Waals surface area contributed by atoms with Crippen LogP contribution in [0.2, 0.25) is 0 Å². The second-order valence-electron chi connectivity index (χ2n) is 5.81. The summed E-state index contributed by atoms with van der Waals surface area (Å²) < 4.78 is 0. The Hall–Kier alpha value is -1.30. The summed E-state index contributed by atoms with van der Waals surface area (Å²) in [5, 5.41) is 18.1. The van der Waals surface area contributed by atoms with Gasteiger partial charge < -0.3 is 20.0 Å². The van der Waals surface area contributed by atoms with Gasteiger partial charge in [-0.3, -0.25) is 4.79 Å². The molecule has 0 radical (unpaired) electrons. The second-order valence-corrected chi connectivity index (χ2v) is 5.81. The quantitative estimate of drug-likeness (QED) is 0.773. The van der Waals surface area contributed by atoms with Crippen LogP contribution in [-0.4, -0.2) is 64.3 Å². The Morgan fingerprint density at radius 3 is 2.60 bits per heavy atom. The monoisotopic (exact) mass is 286 g/mol. The van der Waals surface area contributed by atoms with E-state index in [2.05, 4.69) is 0 Å². The molecular weight excluding hydrogens is 260 g/mol. The SMILES string of the molecule is CC(C)CN(CC(=O)O)C(=O)N1CCCCC1CCO. The van der Waals surface area contributed by atoms with E-state index < -0.39 is 5.97 Å². The number of piperidine rings is 1. The average Bonchev–Trinajstić information content (AvgIpc) is 2.37. The van der Waals surface area contributed by atoms with Gasteiger partial charge in [-0.1, -0.05) is 13.8 Å². The molecule has 2 N–H and O–H groups in total. The van der Waals surface area contributed by atoms with E-state index in [0.717, 1.165) is 19.3 Å². The number of aliphatic hydroxyl groups excluding tert-OH is 1. The number of rotatable bonds is 6. The van der Waals surface area contributed by atoms with E-state index in [1.807, 2.05) is 13.8 Å². The number of carboxylic acid groups (broad SMARTS) is 1. The molecule has 1 saturated heterocycles. The van der Waals surface area contributed by atoms with Crippen LogP contribution >= 0.6 is 0 Å². The van der Waals surface area contributed by atoms with Crippen LogP contribution in [0.1, 0.15) is 39.5 Å². The number of aliphatic carboxylic acids is 1. The van der Waals surface area contributed by atoms with Crippen molar-refractivity contribution in [3.8, 4) is 0 Å². The van der Waals surface area contributed by atoms with E-state index in [0.29, 0.717) is 19.5 Å². The first-order valence-electron chi connectivity index (χ1n) is 7.34. The molecule has 0 aromatic heterocycles. The summed E-state index contributed by atoms with van der Waals surface area (Å²) in [5.74, 6) is -0.769. The van der Waals surface area contributed by atoms with Gasteiger partial charge in [-0.25, -0.2) is 4.79 Å². The van der Waals surface area contributed by atoms with E-state index in [-0.39, 0.29) is 31.1 Å². The highest BCUT2D eigenvalue weighted by Crippen LogP contribution is 2.21. The molecule has 1 unspecified atom stereocenters. The summed E-state index contributed by atoms with van der Waals surface area (Å²) in [6, 6.07) is -0.177. The predicted octanol–water partition coefficient (Wildman–Crippen LogP) is 1.39. The summed E-state index contributed by atoms with van der Waals surface area (Å²) in [7, 11) is 0. The largest absolute Gasteiger partial charge is 0.480 e. The Morgan fingerprint density at radius 2 is 2.05 bits per heavy atom. The summed E-state index contributed by atoms with van der Waals surface area (Å²) >= 11 is 0. The van der Waals surface area contributed by atoms with Gasteiger partial charge in [0.25, 0.3) is 0 Å². The van der Waals surface area contributed by atoms with Crippen molar-refractivity contribution in [2.45, 2.75) is 45.6 Å². The summed E-state index contributed by atoms with van der Waals surface area (Å²) in [6.45, 7) is 4.80. The van der Waals surface area contributed by atoms with Crippen molar-refractivity contribution < 1.29 is 19.8 Å². The number of amides is 2. The third kappa shape index (κ3) is 5.00. The molecular formula is C14H26N2O4. The van der Waals surface area contributed by atoms with E-state index in [1.165, 1.54) is 4.90 Å². The maximum atomic E-state index is 12.6. The molecule has 0 saturated carbocycles. The lowest BCUT2D eigenvalue weighted by molar-refractivity contribution is -0.137. The molecule has 1 rings (SSSR count). The van der Waals surface area contributed by atoms with Crippen molar-refractivity contribution in [1.29, 1.82) is 0 Å². The fourth-order valence-corrected chi connectivity index (χ4v) is 2.70. The van der Waals surface area contributed by atoms with Crippen LogP contribution in [0.4, 0.5) is 4.79 Å². The Kier molecular flexibility index (Phi) is 6.78. The van der Waals surface area contributed by atoms with E-state index in [1.54, 1.807) is 4.90 Å². The maximum Gasteiger partial charge on any atom is 0.323 e. The second kappa shape index (κ2) is 8.09. The molecule has 116 valence electrons. The lowest BCUT2D eigenvalue weighted by atomic mass is 10.00. The van der Waals surface area contributed by atoms with Crippen LogP contribution in [0.5, 0.6) is 0 Å². The minimum absolute atomic E-state index is 0.0321. The smallest absolute Gasteiger partial charge is 0.323 e. The highest BCUT2D eigenvalue weighted by molar-refractivity contribution is 5.80.